The van der Waals surface area contributed by atoms with E-state index in [0.29, 0.717) is 13.3 Å². The quantitative estimate of drug-likeness (QED) is 0.536. The molecule has 7 nitrogen and oxygen atoms in total. The lowest BCUT2D eigenvalue weighted by Gasteiger charge is -2.41. The van der Waals surface area contributed by atoms with Gasteiger partial charge in [-0.05, 0) is 42.0 Å². The van der Waals surface area contributed by atoms with Gasteiger partial charge in [-0.2, -0.15) is 0 Å². The first-order valence-electron chi connectivity index (χ1n) is 10.2. The smallest absolute Gasteiger partial charge is 0.216 e. The molecule has 1 N–H and O–H groups in total. The van der Waals surface area contributed by atoms with Gasteiger partial charge in [0.05, 0.1) is 30.1 Å². The van der Waals surface area contributed by atoms with E-state index in [9.17, 15) is 0 Å². The molecule has 0 radical (unpaired) electrons. The monoisotopic (exact) mass is 429 g/mol. The minimum atomic E-state index is -0.114. The summed E-state index contributed by atoms with van der Waals surface area (Å²) in [5, 5.41) is 4.34. The standard InChI is InChI=1S/C23H20ClN7/c24-17-10-8-16(9-11-17)21-28-22-26-14-29(13-18-5-3-4-12-25-18)15-30(22)23-27-19-6-1-2-7-20(19)31(21)23/h1-12,21H,13-15H2,(H,26,28)/t21-/m0/s1. The highest BCUT2D eigenvalue weighted by Crippen LogP contribution is 2.34. The van der Waals surface area contributed by atoms with Crippen LogP contribution < -0.4 is 10.2 Å². The van der Waals surface area contributed by atoms with Gasteiger partial charge >= 0.3 is 0 Å². The molecule has 0 bridgehead atoms. The maximum Gasteiger partial charge on any atom is 0.216 e. The lowest BCUT2D eigenvalue weighted by Crippen LogP contribution is -2.57. The van der Waals surface area contributed by atoms with Crippen LogP contribution >= 0.6 is 11.6 Å². The van der Waals surface area contributed by atoms with Crippen LogP contribution in [0.15, 0.2) is 77.9 Å². The Hall–Kier alpha value is -3.42. The first-order valence-corrected chi connectivity index (χ1v) is 10.6. The van der Waals surface area contributed by atoms with Crippen molar-refractivity contribution in [2.45, 2.75) is 12.7 Å². The molecule has 0 unspecified atom stereocenters. The number of hydrogen-bond acceptors (Lipinski definition) is 6. The zero-order valence-electron chi connectivity index (χ0n) is 16.7. The van der Waals surface area contributed by atoms with Crippen LogP contribution in [0.25, 0.3) is 11.0 Å². The fourth-order valence-corrected chi connectivity index (χ4v) is 4.33. The molecule has 0 saturated heterocycles. The van der Waals surface area contributed by atoms with Gasteiger partial charge in [-0.1, -0.05) is 41.9 Å². The van der Waals surface area contributed by atoms with Gasteiger partial charge in [0, 0.05) is 17.8 Å². The molecule has 0 spiro atoms. The van der Waals surface area contributed by atoms with Gasteiger partial charge in [0.2, 0.25) is 11.9 Å². The zero-order chi connectivity index (χ0) is 20.8. The Morgan fingerprint density at radius 2 is 1.84 bits per heavy atom. The molecule has 4 heterocycles. The van der Waals surface area contributed by atoms with E-state index in [1.165, 1.54) is 0 Å². The normalized spacial score (nSPS) is 18.3. The lowest BCUT2D eigenvalue weighted by molar-refractivity contribution is 0.261. The van der Waals surface area contributed by atoms with E-state index in [4.69, 9.17) is 21.6 Å². The summed E-state index contributed by atoms with van der Waals surface area (Å²) in [6.45, 7) is 2.01. The SMILES string of the molecule is Clc1ccc([C@H]2NC3=NCN(Cc4ccccn4)CN3c3nc4ccccc4n32)cc1. The number of nitrogens with zero attached hydrogens (tertiary/aromatic N) is 6. The van der Waals surface area contributed by atoms with Gasteiger partial charge in [0.1, 0.15) is 6.17 Å². The zero-order valence-corrected chi connectivity index (χ0v) is 17.4. The number of benzene rings is 2. The van der Waals surface area contributed by atoms with Crippen LogP contribution in [-0.2, 0) is 6.54 Å². The third-order valence-corrected chi connectivity index (χ3v) is 5.91. The predicted octanol–water partition coefficient (Wildman–Crippen LogP) is 3.83. The van der Waals surface area contributed by atoms with E-state index >= 15 is 0 Å². The Bertz CT molecular complexity index is 1270. The first-order chi connectivity index (χ1) is 15.3. The maximum atomic E-state index is 6.14. The average Bonchev–Trinajstić information content (AvgIpc) is 3.20. The van der Waals surface area contributed by atoms with E-state index in [1.807, 2.05) is 66.9 Å². The third-order valence-electron chi connectivity index (χ3n) is 5.66. The fraction of sp³-hybridized carbons (Fsp3) is 0.174. The first kappa shape index (κ1) is 18.4. The van der Waals surface area contributed by atoms with E-state index in [2.05, 4.69) is 30.7 Å². The van der Waals surface area contributed by atoms with Crippen LogP contribution in [0.3, 0.4) is 0 Å². The second-order valence-corrected chi connectivity index (χ2v) is 8.15. The number of anilines is 1. The van der Waals surface area contributed by atoms with Crippen molar-refractivity contribution in [3.8, 4) is 0 Å². The highest BCUT2D eigenvalue weighted by Gasteiger charge is 2.35. The van der Waals surface area contributed by atoms with Crippen molar-refractivity contribution in [2.24, 2.45) is 4.99 Å². The molecule has 0 aliphatic carbocycles. The summed E-state index contributed by atoms with van der Waals surface area (Å²) in [5.41, 5.74) is 4.16. The van der Waals surface area contributed by atoms with Crippen LogP contribution in [0.4, 0.5) is 5.95 Å². The summed E-state index contributed by atoms with van der Waals surface area (Å²) in [4.78, 5) is 18.7. The fourth-order valence-electron chi connectivity index (χ4n) is 4.21. The lowest BCUT2D eigenvalue weighted by atomic mass is 10.1. The van der Waals surface area contributed by atoms with Crippen LogP contribution in [0.2, 0.25) is 5.02 Å². The number of aromatic nitrogens is 3. The molecule has 154 valence electrons. The van der Waals surface area contributed by atoms with Gasteiger partial charge in [-0.15, -0.1) is 0 Å². The second-order valence-electron chi connectivity index (χ2n) is 7.71. The van der Waals surface area contributed by atoms with Crippen molar-refractivity contribution in [1.29, 1.82) is 0 Å². The molecule has 6 rings (SSSR count). The van der Waals surface area contributed by atoms with Crippen molar-refractivity contribution in [3.63, 3.8) is 0 Å². The molecule has 2 aliphatic rings. The van der Waals surface area contributed by atoms with Gasteiger partial charge in [-0.3, -0.25) is 19.4 Å². The van der Waals surface area contributed by atoms with Crippen molar-refractivity contribution in [1.82, 2.24) is 24.8 Å². The molecular formula is C23H20ClN7. The minimum absolute atomic E-state index is 0.114. The average molecular weight is 430 g/mol. The van der Waals surface area contributed by atoms with Gasteiger partial charge in [-0.25, -0.2) is 9.98 Å². The van der Waals surface area contributed by atoms with E-state index in [1.54, 1.807) is 0 Å². The number of aliphatic imine (C=N–C) groups is 1. The number of guanidine groups is 1. The summed E-state index contributed by atoms with van der Waals surface area (Å²) in [7, 11) is 0. The minimum Gasteiger partial charge on any atom is -0.331 e. The number of imidazole rings is 1. The summed E-state index contributed by atoms with van der Waals surface area (Å²) in [6.07, 6.45) is 1.71. The number of rotatable bonds is 3. The second kappa shape index (κ2) is 7.37. The number of halogens is 1. The summed E-state index contributed by atoms with van der Waals surface area (Å²) in [5.74, 6) is 1.71. The van der Waals surface area contributed by atoms with Gasteiger partial charge < -0.3 is 5.32 Å². The van der Waals surface area contributed by atoms with Gasteiger partial charge in [0.15, 0.2) is 0 Å². The van der Waals surface area contributed by atoms with Crippen LogP contribution in [0.5, 0.6) is 0 Å². The number of pyridine rings is 1. The summed E-state index contributed by atoms with van der Waals surface area (Å²) in [6, 6.07) is 22.1. The van der Waals surface area contributed by atoms with Crippen LogP contribution in [0, 0.1) is 0 Å². The Morgan fingerprint density at radius 1 is 1.00 bits per heavy atom. The molecule has 0 saturated carbocycles. The highest BCUT2D eigenvalue weighted by molar-refractivity contribution is 6.30. The molecule has 0 fully saturated rings. The number of para-hydroxylation sites is 2. The number of nitrogens with one attached hydrogen (secondary N) is 1. The predicted molar refractivity (Wildman–Crippen MR) is 122 cm³/mol. The highest BCUT2D eigenvalue weighted by atomic mass is 35.5. The van der Waals surface area contributed by atoms with Crippen molar-refractivity contribution in [2.75, 3.05) is 18.2 Å². The van der Waals surface area contributed by atoms with E-state index in [-0.39, 0.29) is 6.17 Å². The van der Waals surface area contributed by atoms with E-state index < -0.39 is 0 Å². The summed E-state index contributed by atoms with van der Waals surface area (Å²) >= 11 is 6.14. The van der Waals surface area contributed by atoms with Crippen molar-refractivity contribution < 1.29 is 0 Å². The molecule has 8 heteroatoms. The number of hydrogen-bond donors (Lipinski definition) is 1. The molecule has 4 aromatic rings. The summed E-state index contributed by atoms with van der Waals surface area (Å²) < 4.78 is 2.24. The topological polar surface area (TPSA) is 61.6 Å². The molecule has 2 aromatic heterocycles. The number of fused-ring (bicyclic) bond motifs is 5. The molecule has 31 heavy (non-hydrogen) atoms. The van der Waals surface area contributed by atoms with E-state index in [0.717, 1.165) is 45.8 Å². The van der Waals surface area contributed by atoms with Crippen LogP contribution in [-0.4, -0.2) is 38.7 Å². The van der Waals surface area contributed by atoms with Crippen molar-refractivity contribution in [3.05, 3.63) is 89.2 Å². The third kappa shape index (κ3) is 3.22. The molecular weight excluding hydrogens is 410 g/mol. The molecule has 2 aliphatic heterocycles. The maximum absolute atomic E-state index is 6.14. The molecule has 2 aromatic carbocycles. The Morgan fingerprint density at radius 3 is 2.68 bits per heavy atom. The Labute approximate surface area is 184 Å². The van der Waals surface area contributed by atoms with Crippen molar-refractivity contribution >= 4 is 34.5 Å². The molecule has 0 amide bonds. The Balaban J connectivity index is 1.42. The molecule has 1 atom stereocenters. The Kier molecular flexibility index (Phi) is 4.36. The van der Waals surface area contributed by atoms with Crippen LogP contribution in [0.1, 0.15) is 17.4 Å². The van der Waals surface area contributed by atoms with Gasteiger partial charge in [0.25, 0.3) is 0 Å². The largest absolute Gasteiger partial charge is 0.331 e.